The molecule has 0 radical (unpaired) electrons. The van der Waals surface area contributed by atoms with E-state index in [2.05, 4.69) is 16.0 Å². The second kappa shape index (κ2) is 9.37. The molecule has 29 heavy (non-hydrogen) atoms. The lowest BCUT2D eigenvalue weighted by molar-refractivity contribution is -0.377. The maximum atomic E-state index is 12.5. The number of aromatic amines is 1. The number of rotatable bonds is 5. The first-order chi connectivity index (χ1) is 14.1. The molecule has 1 aliphatic heterocycles. The molecule has 3 heterocycles. The molecule has 0 bridgehead atoms. The van der Waals surface area contributed by atoms with Gasteiger partial charge >= 0.3 is 11.6 Å². The molecule has 152 valence electrons. The number of benzene rings is 1. The highest BCUT2D eigenvalue weighted by Crippen LogP contribution is 2.32. The fourth-order valence-electron chi connectivity index (χ4n) is 3.70. The molecule has 0 saturated heterocycles. The summed E-state index contributed by atoms with van der Waals surface area (Å²) in [5.41, 5.74) is 3.83. The standard InChI is InChI=1S/C21H20N2O4.C2H6/c24-20(25)4-2-10-23-9-1-3-15-11-16-12-17(14-5-7-22-8-6-14)21(26)27-19(16)13-18(15)23;1-2/h5-8,11-13H,1-4,9-10H2,(H,24,25);1-2H3/p+1. The summed E-state index contributed by atoms with van der Waals surface area (Å²) in [5, 5.41) is 9.77. The molecule has 0 fully saturated rings. The van der Waals surface area contributed by atoms with E-state index in [1.807, 2.05) is 38.1 Å². The number of carboxylic acid groups (broad SMARTS) is 1. The summed E-state index contributed by atoms with van der Waals surface area (Å²) in [5.74, 6) is -0.775. The SMILES string of the molecule is CC.O=C(O)CCCN1CCCc2cc3cc(-c4cc[nH+]cc4)c(=O)oc3cc21. The number of hydrogen-bond donors (Lipinski definition) is 1. The summed E-state index contributed by atoms with van der Waals surface area (Å²) in [6.07, 6.45) is 6.31. The Hall–Kier alpha value is -3.15. The quantitative estimate of drug-likeness (QED) is 0.662. The van der Waals surface area contributed by atoms with Crippen LogP contribution in [0.5, 0.6) is 0 Å². The van der Waals surface area contributed by atoms with E-state index in [0.717, 1.165) is 36.0 Å². The lowest BCUT2D eigenvalue weighted by Gasteiger charge is -2.31. The van der Waals surface area contributed by atoms with E-state index < -0.39 is 5.97 Å². The summed E-state index contributed by atoms with van der Waals surface area (Å²) in [4.78, 5) is 28.4. The van der Waals surface area contributed by atoms with Crippen LogP contribution < -0.4 is 15.5 Å². The van der Waals surface area contributed by atoms with Crippen LogP contribution in [0.4, 0.5) is 5.69 Å². The maximum Gasteiger partial charge on any atom is 0.344 e. The predicted molar refractivity (Wildman–Crippen MR) is 113 cm³/mol. The molecule has 1 aromatic carbocycles. The number of nitrogens with zero attached hydrogens (tertiary/aromatic N) is 1. The van der Waals surface area contributed by atoms with Gasteiger partial charge in [0.05, 0.1) is 5.56 Å². The molecular formula is C23H27N2O4+. The molecule has 0 aliphatic carbocycles. The van der Waals surface area contributed by atoms with Crippen LogP contribution in [0.15, 0.2) is 51.9 Å². The van der Waals surface area contributed by atoms with Crippen molar-refractivity contribution in [3.8, 4) is 11.1 Å². The number of fused-ring (bicyclic) bond motifs is 2. The van der Waals surface area contributed by atoms with Gasteiger partial charge in [0.1, 0.15) is 5.58 Å². The van der Waals surface area contributed by atoms with E-state index >= 15 is 0 Å². The molecule has 0 saturated carbocycles. The van der Waals surface area contributed by atoms with Crippen LogP contribution in [-0.4, -0.2) is 24.2 Å². The smallest absolute Gasteiger partial charge is 0.344 e. The zero-order valence-electron chi connectivity index (χ0n) is 16.9. The summed E-state index contributed by atoms with van der Waals surface area (Å²) in [6.45, 7) is 5.58. The molecular weight excluding hydrogens is 368 g/mol. The van der Waals surface area contributed by atoms with Crippen molar-refractivity contribution in [2.45, 2.75) is 39.5 Å². The molecule has 2 aromatic heterocycles. The normalized spacial score (nSPS) is 12.8. The fraction of sp³-hybridized carbons (Fsp3) is 0.348. The van der Waals surface area contributed by atoms with E-state index in [1.165, 1.54) is 5.56 Å². The van der Waals surface area contributed by atoms with Crippen molar-refractivity contribution in [3.05, 3.63) is 58.7 Å². The number of nitrogens with one attached hydrogen (secondary N) is 1. The van der Waals surface area contributed by atoms with Crippen LogP contribution in [0.2, 0.25) is 0 Å². The molecule has 6 heteroatoms. The van der Waals surface area contributed by atoms with E-state index in [0.29, 0.717) is 24.1 Å². The van der Waals surface area contributed by atoms with Gasteiger partial charge in [-0.1, -0.05) is 13.8 Å². The number of H-pyrrole nitrogens is 1. The number of pyridine rings is 1. The number of aryl methyl sites for hydroxylation is 1. The first-order valence-corrected chi connectivity index (χ1v) is 10.2. The van der Waals surface area contributed by atoms with Gasteiger partial charge in [-0.15, -0.1) is 0 Å². The van der Waals surface area contributed by atoms with Crippen LogP contribution in [-0.2, 0) is 11.2 Å². The van der Waals surface area contributed by atoms with Gasteiger partial charge in [0.25, 0.3) is 0 Å². The molecule has 0 unspecified atom stereocenters. The Bertz CT molecular complexity index is 1040. The monoisotopic (exact) mass is 395 g/mol. The summed E-state index contributed by atoms with van der Waals surface area (Å²) < 4.78 is 5.62. The van der Waals surface area contributed by atoms with Crippen molar-refractivity contribution >= 4 is 22.6 Å². The third kappa shape index (κ3) is 4.65. The van der Waals surface area contributed by atoms with Gasteiger partial charge in [0.15, 0.2) is 12.4 Å². The van der Waals surface area contributed by atoms with Gasteiger partial charge in [-0.2, -0.15) is 0 Å². The largest absolute Gasteiger partial charge is 0.481 e. The number of carboxylic acids is 1. The molecule has 3 aromatic rings. The summed E-state index contributed by atoms with van der Waals surface area (Å²) in [6, 6.07) is 9.60. The summed E-state index contributed by atoms with van der Waals surface area (Å²) >= 11 is 0. The molecule has 0 spiro atoms. The van der Waals surface area contributed by atoms with Gasteiger partial charge < -0.3 is 14.4 Å². The molecule has 0 amide bonds. The first-order valence-electron chi connectivity index (χ1n) is 10.2. The second-order valence-electron chi connectivity index (χ2n) is 6.84. The maximum absolute atomic E-state index is 12.5. The van der Waals surface area contributed by atoms with E-state index in [4.69, 9.17) is 9.52 Å². The molecule has 4 rings (SSSR count). The van der Waals surface area contributed by atoms with Crippen molar-refractivity contribution in [2.24, 2.45) is 0 Å². The fourth-order valence-corrected chi connectivity index (χ4v) is 3.70. The molecule has 0 atom stereocenters. The second-order valence-corrected chi connectivity index (χ2v) is 6.84. The van der Waals surface area contributed by atoms with Crippen molar-refractivity contribution in [3.63, 3.8) is 0 Å². The Labute approximate surface area is 169 Å². The van der Waals surface area contributed by atoms with Gasteiger partial charge in [0, 0.05) is 54.3 Å². The first kappa shape index (κ1) is 20.6. The zero-order valence-corrected chi connectivity index (χ0v) is 16.9. The van der Waals surface area contributed by atoms with E-state index in [-0.39, 0.29) is 12.0 Å². The Morgan fingerprint density at radius 1 is 1.21 bits per heavy atom. The number of aliphatic carboxylic acids is 1. The van der Waals surface area contributed by atoms with Crippen LogP contribution in [0, 0.1) is 0 Å². The predicted octanol–water partition coefficient (Wildman–Crippen LogP) is 3.92. The molecule has 6 nitrogen and oxygen atoms in total. The molecule has 2 N–H and O–H groups in total. The van der Waals surface area contributed by atoms with Crippen molar-refractivity contribution in [1.82, 2.24) is 0 Å². The van der Waals surface area contributed by atoms with E-state index in [9.17, 15) is 9.59 Å². The van der Waals surface area contributed by atoms with Crippen LogP contribution in [0.25, 0.3) is 22.1 Å². The number of hydrogen-bond acceptors (Lipinski definition) is 4. The van der Waals surface area contributed by atoms with Gasteiger partial charge in [-0.25, -0.2) is 9.78 Å². The highest BCUT2D eigenvalue weighted by molar-refractivity contribution is 5.86. The minimum Gasteiger partial charge on any atom is -0.481 e. The van der Waals surface area contributed by atoms with Crippen molar-refractivity contribution in [1.29, 1.82) is 0 Å². The number of anilines is 1. The minimum absolute atomic E-state index is 0.159. The van der Waals surface area contributed by atoms with Crippen LogP contribution in [0.1, 0.15) is 38.7 Å². The van der Waals surface area contributed by atoms with Crippen molar-refractivity contribution in [2.75, 3.05) is 18.0 Å². The minimum atomic E-state index is -0.775. The van der Waals surface area contributed by atoms with Gasteiger partial charge in [-0.05, 0) is 37.0 Å². The van der Waals surface area contributed by atoms with Crippen molar-refractivity contribution < 1.29 is 19.3 Å². The van der Waals surface area contributed by atoms with Crippen LogP contribution >= 0.6 is 0 Å². The lowest BCUT2D eigenvalue weighted by atomic mass is 9.98. The Kier molecular flexibility index (Phi) is 6.65. The van der Waals surface area contributed by atoms with Gasteiger partial charge in [-0.3, -0.25) is 4.79 Å². The molecule has 1 aliphatic rings. The number of carbonyl (C=O) groups is 1. The topological polar surface area (TPSA) is 84.9 Å². The number of aromatic nitrogens is 1. The highest BCUT2D eigenvalue weighted by Gasteiger charge is 2.19. The van der Waals surface area contributed by atoms with Gasteiger partial charge in [0.2, 0.25) is 0 Å². The zero-order chi connectivity index (χ0) is 20.8. The average Bonchev–Trinajstić information content (AvgIpc) is 2.74. The third-order valence-electron chi connectivity index (χ3n) is 5.00. The Morgan fingerprint density at radius 3 is 2.69 bits per heavy atom. The Balaban J connectivity index is 0.00000117. The average molecular weight is 395 g/mol. The Morgan fingerprint density at radius 2 is 1.97 bits per heavy atom. The lowest BCUT2D eigenvalue weighted by Crippen LogP contribution is -2.30. The highest BCUT2D eigenvalue weighted by atomic mass is 16.4. The third-order valence-corrected chi connectivity index (χ3v) is 5.00. The summed E-state index contributed by atoms with van der Waals surface area (Å²) in [7, 11) is 0. The van der Waals surface area contributed by atoms with E-state index in [1.54, 1.807) is 12.4 Å². The van der Waals surface area contributed by atoms with Crippen LogP contribution in [0.3, 0.4) is 0 Å².